The number of carbonyl (C=O) groups is 1. The molecule has 0 spiro atoms. The second-order valence-corrected chi connectivity index (χ2v) is 8.93. The lowest BCUT2D eigenvalue weighted by Crippen LogP contribution is -2.37. The molecule has 174 valence electrons. The molecule has 0 aliphatic heterocycles. The number of benzene rings is 3. The van der Waals surface area contributed by atoms with Gasteiger partial charge < -0.3 is 14.5 Å². The molecule has 3 aromatic carbocycles. The average Bonchev–Trinajstić information content (AvgIpc) is 3.18. The van der Waals surface area contributed by atoms with Crippen LogP contribution in [0, 0.1) is 20.8 Å². The minimum atomic E-state index is -0.358. The third kappa shape index (κ3) is 5.92. The maximum Gasteiger partial charge on any atom is 0.264 e. The van der Waals surface area contributed by atoms with Gasteiger partial charge in [0.25, 0.3) is 5.91 Å². The summed E-state index contributed by atoms with van der Waals surface area (Å²) in [6.07, 6.45) is 0.580. The van der Waals surface area contributed by atoms with Crippen LogP contribution in [0.5, 0.6) is 5.75 Å². The number of aromatic nitrogens is 1. The third-order valence-electron chi connectivity index (χ3n) is 5.18. The van der Waals surface area contributed by atoms with Crippen molar-refractivity contribution in [2.24, 2.45) is 0 Å². The lowest BCUT2D eigenvalue weighted by Gasteiger charge is -2.11. The Morgan fingerprint density at radius 3 is 2.56 bits per heavy atom. The zero-order valence-corrected chi connectivity index (χ0v) is 20.6. The number of ether oxygens (including phenoxy) is 1. The van der Waals surface area contributed by atoms with Crippen LogP contribution in [0.1, 0.15) is 28.1 Å². The van der Waals surface area contributed by atoms with Gasteiger partial charge in [0.15, 0.2) is 23.2 Å². The first kappa shape index (κ1) is 23.7. The Hall–Kier alpha value is -3.42. The highest BCUT2D eigenvalue weighted by molar-refractivity contribution is 7.80. The van der Waals surface area contributed by atoms with E-state index in [-0.39, 0.29) is 17.6 Å². The van der Waals surface area contributed by atoms with Gasteiger partial charge in [0.05, 0.1) is 0 Å². The molecular weight excluding hydrogens is 470 g/mol. The van der Waals surface area contributed by atoms with E-state index in [0.717, 1.165) is 39.0 Å². The normalized spacial score (nSPS) is 10.8. The fourth-order valence-corrected chi connectivity index (χ4v) is 3.91. The van der Waals surface area contributed by atoms with Crippen molar-refractivity contribution in [3.8, 4) is 5.75 Å². The van der Waals surface area contributed by atoms with Crippen LogP contribution in [0.25, 0.3) is 11.1 Å². The summed E-state index contributed by atoms with van der Waals surface area (Å²) >= 11 is 11.2. The summed E-state index contributed by atoms with van der Waals surface area (Å²) in [6, 6.07) is 17.0. The number of fused-ring (bicyclic) bond motifs is 1. The molecule has 0 saturated carbocycles. The van der Waals surface area contributed by atoms with E-state index >= 15 is 0 Å². The van der Waals surface area contributed by atoms with Gasteiger partial charge in [-0.1, -0.05) is 29.8 Å². The number of hydrogen-bond donors (Lipinski definition) is 2. The van der Waals surface area contributed by atoms with E-state index in [4.69, 9.17) is 33.0 Å². The standard InChI is InChI=1S/C26H24ClN3O3S/c1-15-10-17(3)25-22(11-15)29-24(33-25)13-18-4-6-19(7-5-18)28-26(34)30-23(31)14-32-20-8-9-21(27)16(2)12-20/h4-12H,13-14H2,1-3H3,(H2,28,30,31,34). The second-order valence-electron chi connectivity index (χ2n) is 8.11. The van der Waals surface area contributed by atoms with Crippen LogP contribution in [-0.4, -0.2) is 22.6 Å². The molecule has 8 heteroatoms. The minimum Gasteiger partial charge on any atom is -0.484 e. The van der Waals surface area contributed by atoms with Crippen molar-refractivity contribution < 1.29 is 13.9 Å². The summed E-state index contributed by atoms with van der Waals surface area (Å²) in [4.78, 5) is 16.8. The first-order valence-corrected chi connectivity index (χ1v) is 11.5. The molecule has 0 unspecified atom stereocenters. The van der Waals surface area contributed by atoms with Gasteiger partial charge in [0, 0.05) is 17.1 Å². The number of oxazole rings is 1. The molecule has 0 saturated heterocycles. The third-order valence-corrected chi connectivity index (χ3v) is 5.81. The van der Waals surface area contributed by atoms with Crippen LogP contribution in [0.3, 0.4) is 0 Å². The highest BCUT2D eigenvalue weighted by Gasteiger charge is 2.11. The predicted molar refractivity (Wildman–Crippen MR) is 139 cm³/mol. The Kier molecular flexibility index (Phi) is 7.14. The number of amides is 1. The highest BCUT2D eigenvalue weighted by atomic mass is 35.5. The number of nitrogens with one attached hydrogen (secondary N) is 2. The molecule has 1 aromatic heterocycles. The van der Waals surface area contributed by atoms with E-state index in [1.807, 2.05) is 51.1 Å². The van der Waals surface area contributed by atoms with Crippen molar-refractivity contribution >= 4 is 51.6 Å². The largest absolute Gasteiger partial charge is 0.484 e. The number of anilines is 1. The average molecular weight is 494 g/mol. The lowest BCUT2D eigenvalue weighted by molar-refractivity contribution is -0.121. The van der Waals surface area contributed by atoms with Crippen molar-refractivity contribution in [3.63, 3.8) is 0 Å². The summed E-state index contributed by atoms with van der Waals surface area (Å²) in [5.41, 5.74) is 6.63. The van der Waals surface area contributed by atoms with E-state index < -0.39 is 0 Å². The first-order chi connectivity index (χ1) is 16.3. The van der Waals surface area contributed by atoms with Gasteiger partial charge in [-0.25, -0.2) is 4.98 Å². The Balaban J connectivity index is 1.29. The van der Waals surface area contributed by atoms with Crippen molar-refractivity contribution in [1.82, 2.24) is 10.3 Å². The molecular formula is C26H24ClN3O3S. The van der Waals surface area contributed by atoms with Gasteiger partial charge in [-0.3, -0.25) is 10.1 Å². The van der Waals surface area contributed by atoms with Crippen LogP contribution in [0.2, 0.25) is 5.02 Å². The maximum absolute atomic E-state index is 12.1. The maximum atomic E-state index is 12.1. The molecule has 34 heavy (non-hydrogen) atoms. The van der Waals surface area contributed by atoms with Crippen LogP contribution >= 0.6 is 23.8 Å². The fraction of sp³-hybridized carbons (Fsp3) is 0.192. The molecule has 4 rings (SSSR count). The molecule has 2 N–H and O–H groups in total. The van der Waals surface area contributed by atoms with Crippen LogP contribution in [0.4, 0.5) is 5.69 Å². The Morgan fingerprint density at radius 2 is 1.82 bits per heavy atom. The van der Waals surface area contributed by atoms with Crippen molar-refractivity contribution in [3.05, 3.63) is 87.8 Å². The molecule has 0 radical (unpaired) electrons. The molecule has 1 amide bonds. The number of halogens is 1. The summed E-state index contributed by atoms with van der Waals surface area (Å²) in [7, 11) is 0. The topological polar surface area (TPSA) is 76.4 Å². The summed E-state index contributed by atoms with van der Waals surface area (Å²) < 4.78 is 11.4. The number of rotatable bonds is 6. The van der Waals surface area contributed by atoms with E-state index in [9.17, 15) is 4.79 Å². The van der Waals surface area contributed by atoms with Crippen molar-refractivity contribution in [2.45, 2.75) is 27.2 Å². The Bertz CT molecular complexity index is 1370. The minimum absolute atomic E-state index is 0.161. The van der Waals surface area contributed by atoms with E-state index in [2.05, 4.69) is 21.7 Å². The van der Waals surface area contributed by atoms with Gasteiger partial charge in [-0.05, 0) is 91.6 Å². The van der Waals surface area contributed by atoms with Gasteiger partial charge >= 0.3 is 0 Å². The van der Waals surface area contributed by atoms with Gasteiger partial charge in [0.1, 0.15) is 11.3 Å². The molecule has 0 fully saturated rings. The quantitative estimate of drug-likeness (QED) is 0.326. The monoisotopic (exact) mass is 493 g/mol. The molecule has 1 heterocycles. The van der Waals surface area contributed by atoms with Crippen LogP contribution in [-0.2, 0) is 11.2 Å². The predicted octanol–water partition coefficient (Wildman–Crippen LogP) is 5.89. The summed E-state index contributed by atoms with van der Waals surface area (Å²) in [5, 5.41) is 6.45. The van der Waals surface area contributed by atoms with Gasteiger partial charge in [-0.15, -0.1) is 0 Å². The first-order valence-electron chi connectivity index (χ1n) is 10.7. The number of carbonyl (C=O) groups excluding carboxylic acids is 1. The Labute approximate surface area is 208 Å². The Morgan fingerprint density at radius 1 is 1.06 bits per heavy atom. The van der Waals surface area contributed by atoms with Gasteiger partial charge in [-0.2, -0.15) is 0 Å². The SMILES string of the molecule is Cc1cc(C)c2oc(Cc3ccc(NC(=S)NC(=O)COc4ccc(Cl)c(C)c4)cc3)nc2c1. The molecule has 4 aromatic rings. The number of aryl methyl sites for hydroxylation is 3. The number of thiocarbonyl (C=S) groups is 1. The highest BCUT2D eigenvalue weighted by Crippen LogP contribution is 2.23. The smallest absolute Gasteiger partial charge is 0.264 e. The summed E-state index contributed by atoms with van der Waals surface area (Å²) in [5.74, 6) is 0.877. The molecule has 0 atom stereocenters. The lowest BCUT2D eigenvalue weighted by atomic mass is 10.1. The zero-order chi connectivity index (χ0) is 24.2. The number of hydrogen-bond acceptors (Lipinski definition) is 5. The molecule has 0 aliphatic rings. The fourth-order valence-electron chi connectivity index (χ4n) is 3.56. The van der Waals surface area contributed by atoms with Crippen molar-refractivity contribution in [1.29, 1.82) is 0 Å². The number of nitrogens with zero attached hydrogens (tertiary/aromatic N) is 1. The second kappa shape index (κ2) is 10.2. The molecule has 0 bridgehead atoms. The molecule has 6 nitrogen and oxygen atoms in total. The van der Waals surface area contributed by atoms with Crippen molar-refractivity contribution in [2.75, 3.05) is 11.9 Å². The zero-order valence-electron chi connectivity index (χ0n) is 19.1. The molecule has 0 aliphatic carbocycles. The summed E-state index contributed by atoms with van der Waals surface area (Å²) in [6.45, 7) is 5.78. The van der Waals surface area contributed by atoms with E-state index in [1.54, 1.807) is 18.2 Å². The van der Waals surface area contributed by atoms with Crippen LogP contribution in [0.15, 0.2) is 59.0 Å². The van der Waals surface area contributed by atoms with Gasteiger partial charge in [0.2, 0.25) is 0 Å². The van der Waals surface area contributed by atoms with E-state index in [1.165, 1.54) is 0 Å². The van der Waals surface area contributed by atoms with E-state index in [0.29, 0.717) is 23.1 Å². The van der Waals surface area contributed by atoms with Crippen LogP contribution < -0.4 is 15.4 Å².